The lowest BCUT2D eigenvalue weighted by Gasteiger charge is -2.16. The van der Waals surface area contributed by atoms with Gasteiger partial charge in [0.1, 0.15) is 0 Å². The Labute approximate surface area is 177 Å². The summed E-state index contributed by atoms with van der Waals surface area (Å²) >= 11 is 0. The summed E-state index contributed by atoms with van der Waals surface area (Å²) in [5.74, 6) is -5.41. The van der Waals surface area contributed by atoms with E-state index in [2.05, 4.69) is 5.32 Å². The number of carbonyl (C=O) groups is 4. The Morgan fingerprint density at radius 2 is 1.29 bits per heavy atom. The summed E-state index contributed by atoms with van der Waals surface area (Å²) in [6.45, 7) is 0. The monoisotopic (exact) mass is 408 g/mol. The van der Waals surface area contributed by atoms with Gasteiger partial charge >= 0.3 is 5.91 Å². The molecule has 1 fully saturated rings. The van der Waals surface area contributed by atoms with Gasteiger partial charge in [0.25, 0.3) is 5.91 Å². The first kappa shape index (κ1) is 18.7. The van der Waals surface area contributed by atoms with Gasteiger partial charge < -0.3 is 5.32 Å². The summed E-state index contributed by atoms with van der Waals surface area (Å²) in [4.78, 5) is 52.2. The number of imide groups is 1. The lowest BCUT2D eigenvalue weighted by Crippen LogP contribution is -2.34. The lowest BCUT2D eigenvalue weighted by atomic mass is 10.0. The van der Waals surface area contributed by atoms with Gasteiger partial charge in [-0.25, -0.2) is 4.90 Å². The first-order valence-corrected chi connectivity index (χ1v) is 9.75. The third-order valence-electron chi connectivity index (χ3n) is 5.46. The largest absolute Gasteiger partial charge is 0.324 e. The highest BCUT2D eigenvalue weighted by Gasteiger charge is 2.51. The lowest BCUT2D eigenvalue weighted by molar-refractivity contribution is -0.139. The number of carbonyl (C=O) groups excluding carboxylic acids is 4. The van der Waals surface area contributed by atoms with Crippen molar-refractivity contribution >= 4 is 56.4 Å². The van der Waals surface area contributed by atoms with E-state index in [9.17, 15) is 19.2 Å². The van der Waals surface area contributed by atoms with Gasteiger partial charge in [0.2, 0.25) is 11.7 Å². The van der Waals surface area contributed by atoms with Crippen LogP contribution in [0.15, 0.2) is 84.9 Å². The highest BCUT2D eigenvalue weighted by Crippen LogP contribution is 2.32. The average Bonchev–Trinajstić information content (AvgIpc) is 3.01. The van der Waals surface area contributed by atoms with Crippen LogP contribution >= 0.6 is 0 Å². The molecule has 1 N–H and O–H groups in total. The van der Waals surface area contributed by atoms with Crippen molar-refractivity contribution in [3.63, 3.8) is 0 Å². The summed E-state index contributed by atoms with van der Waals surface area (Å²) in [5.41, 5.74) is 0.765. The van der Waals surface area contributed by atoms with Crippen molar-refractivity contribution in [1.82, 2.24) is 0 Å². The number of nitrogens with zero attached hydrogens (tertiary/aromatic N) is 1. The molecule has 0 unspecified atom stereocenters. The van der Waals surface area contributed by atoms with Crippen molar-refractivity contribution in [3.8, 4) is 0 Å². The maximum absolute atomic E-state index is 13.1. The number of benzene rings is 4. The number of anilines is 2. The Kier molecular flexibility index (Phi) is 4.33. The average molecular weight is 408 g/mol. The quantitative estimate of drug-likeness (QED) is 0.318. The van der Waals surface area contributed by atoms with E-state index in [1.165, 1.54) is 0 Å². The number of nitrogens with one attached hydrogen (secondary N) is 1. The highest BCUT2D eigenvalue weighted by atomic mass is 16.2. The molecule has 1 heterocycles. The molecule has 0 aliphatic carbocycles. The molecule has 4 aromatic rings. The van der Waals surface area contributed by atoms with Gasteiger partial charge in [0, 0.05) is 16.5 Å². The van der Waals surface area contributed by atoms with Gasteiger partial charge in [-0.3, -0.25) is 19.2 Å². The van der Waals surface area contributed by atoms with Crippen LogP contribution in [0.2, 0.25) is 0 Å². The molecule has 6 nitrogen and oxygen atoms in total. The van der Waals surface area contributed by atoms with E-state index in [1.54, 1.807) is 36.4 Å². The normalized spacial score (nSPS) is 16.3. The Morgan fingerprint density at radius 3 is 2.03 bits per heavy atom. The molecule has 0 bridgehead atoms. The molecule has 6 heteroatoms. The second-order valence-corrected chi connectivity index (χ2v) is 7.29. The fraction of sp³-hybridized carbons (Fsp3) is 0.0400. The molecule has 1 atom stereocenters. The summed E-state index contributed by atoms with van der Waals surface area (Å²) < 4.78 is 0. The third-order valence-corrected chi connectivity index (χ3v) is 5.46. The predicted molar refractivity (Wildman–Crippen MR) is 118 cm³/mol. The van der Waals surface area contributed by atoms with Gasteiger partial charge in [0.15, 0.2) is 5.92 Å². The Bertz CT molecular complexity index is 1400. The highest BCUT2D eigenvalue weighted by molar-refractivity contribution is 6.60. The van der Waals surface area contributed by atoms with Gasteiger partial charge in [-0.05, 0) is 22.9 Å². The Balaban J connectivity index is 1.51. The molecule has 1 saturated heterocycles. The topological polar surface area (TPSA) is 83.6 Å². The van der Waals surface area contributed by atoms with Crippen LogP contribution in [0, 0.1) is 5.92 Å². The van der Waals surface area contributed by atoms with Crippen molar-refractivity contribution < 1.29 is 19.2 Å². The molecule has 3 amide bonds. The summed E-state index contributed by atoms with van der Waals surface area (Å²) in [6.07, 6.45) is 0. The fourth-order valence-corrected chi connectivity index (χ4v) is 3.98. The van der Waals surface area contributed by atoms with E-state index in [1.807, 2.05) is 48.5 Å². The van der Waals surface area contributed by atoms with Crippen molar-refractivity contribution in [2.45, 2.75) is 0 Å². The number of amides is 3. The van der Waals surface area contributed by atoms with Gasteiger partial charge in [0.05, 0.1) is 5.69 Å². The van der Waals surface area contributed by atoms with Crippen molar-refractivity contribution in [1.29, 1.82) is 0 Å². The SMILES string of the molecule is O=C(Nc1cccc2ccccc12)[C@H]1C(=O)C(=O)N(c2cccc3ccccc23)C1=O. The Hall–Kier alpha value is -4.32. The molecule has 0 radical (unpaired) electrons. The zero-order valence-electron chi connectivity index (χ0n) is 16.2. The minimum absolute atomic E-state index is 0.293. The molecule has 0 saturated carbocycles. The van der Waals surface area contributed by atoms with E-state index < -0.39 is 29.4 Å². The smallest absolute Gasteiger partial charge is 0.302 e. The minimum atomic E-state index is -1.72. The zero-order chi connectivity index (χ0) is 21.5. The molecule has 150 valence electrons. The molecule has 0 spiro atoms. The molecule has 1 aliphatic heterocycles. The van der Waals surface area contributed by atoms with Crippen LogP contribution in [0.4, 0.5) is 11.4 Å². The summed E-state index contributed by atoms with van der Waals surface area (Å²) in [5, 5.41) is 5.79. The Morgan fingerprint density at radius 1 is 0.710 bits per heavy atom. The summed E-state index contributed by atoms with van der Waals surface area (Å²) in [7, 11) is 0. The van der Waals surface area contributed by atoms with Crippen molar-refractivity contribution in [2.24, 2.45) is 5.92 Å². The van der Waals surface area contributed by atoms with E-state index in [0.29, 0.717) is 16.8 Å². The van der Waals surface area contributed by atoms with Crippen LogP contribution in [-0.2, 0) is 19.2 Å². The van der Waals surface area contributed by atoms with Crippen LogP contribution in [0.1, 0.15) is 0 Å². The van der Waals surface area contributed by atoms with Gasteiger partial charge in [-0.2, -0.15) is 0 Å². The minimum Gasteiger partial charge on any atom is -0.324 e. The fourth-order valence-electron chi connectivity index (χ4n) is 3.98. The van der Waals surface area contributed by atoms with Crippen LogP contribution in [-0.4, -0.2) is 23.5 Å². The van der Waals surface area contributed by atoms with Gasteiger partial charge in [-0.15, -0.1) is 0 Å². The van der Waals surface area contributed by atoms with Gasteiger partial charge in [-0.1, -0.05) is 72.8 Å². The molecule has 1 aliphatic rings. The third kappa shape index (κ3) is 2.97. The summed E-state index contributed by atoms with van der Waals surface area (Å²) in [6, 6.07) is 25.1. The van der Waals surface area contributed by atoms with E-state index in [0.717, 1.165) is 21.1 Å². The van der Waals surface area contributed by atoms with E-state index in [4.69, 9.17) is 0 Å². The number of hydrogen-bond donors (Lipinski definition) is 1. The van der Waals surface area contributed by atoms with Crippen molar-refractivity contribution in [3.05, 3.63) is 84.9 Å². The number of ketones is 1. The number of Topliss-reactive ketones (excluding diaryl/α,β-unsaturated/α-hetero) is 1. The maximum Gasteiger partial charge on any atom is 0.302 e. The standard InChI is InChI=1S/C25H16N2O4/c28-22-21(23(29)26-19-13-5-9-15-7-1-3-11-17(15)19)24(30)27(25(22)31)20-14-6-10-16-8-2-4-12-18(16)20/h1-14,21H,(H,26,29)/t21-/m1/s1. The molecule has 4 aromatic carbocycles. The molecule has 0 aromatic heterocycles. The number of rotatable bonds is 3. The van der Waals surface area contributed by atoms with Crippen molar-refractivity contribution in [2.75, 3.05) is 10.2 Å². The second-order valence-electron chi connectivity index (χ2n) is 7.29. The predicted octanol–water partition coefficient (Wildman–Crippen LogP) is 3.69. The van der Waals surface area contributed by atoms with E-state index in [-0.39, 0.29) is 0 Å². The van der Waals surface area contributed by atoms with Crippen LogP contribution in [0.3, 0.4) is 0 Å². The molecular formula is C25H16N2O4. The van der Waals surface area contributed by atoms with E-state index >= 15 is 0 Å². The molecule has 5 rings (SSSR count). The van der Waals surface area contributed by atoms with Crippen LogP contribution in [0.25, 0.3) is 21.5 Å². The molecule has 31 heavy (non-hydrogen) atoms. The molecular weight excluding hydrogens is 392 g/mol. The first-order chi connectivity index (χ1) is 15.1. The first-order valence-electron chi connectivity index (χ1n) is 9.75. The zero-order valence-corrected chi connectivity index (χ0v) is 16.2. The maximum atomic E-state index is 13.1. The number of hydrogen-bond acceptors (Lipinski definition) is 4. The van der Waals surface area contributed by atoms with Crippen LogP contribution in [0.5, 0.6) is 0 Å². The second kappa shape index (κ2) is 7.18. The number of fused-ring (bicyclic) bond motifs is 2. The van der Waals surface area contributed by atoms with Crippen LogP contribution < -0.4 is 10.2 Å².